The van der Waals surface area contributed by atoms with E-state index in [0.29, 0.717) is 11.6 Å². The van der Waals surface area contributed by atoms with E-state index >= 15 is 0 Å². The summed E-state index contributed by atoms with van der Waals surface area (Å²) in [6, 6.07) is 20.3. The van der Waals surface area contributed by atoms with Crippen LogP contribution in [0.1, 0.15) is 44.7 Å². The van der Waals surface area contributed by atoms with E-state index in [4.69, 9.17) is 25.5 Å². The fourth-order valence-electron chi connectivity index (χ4n) is 4.40. The second-order valence-corrected chi connectivity index (χ2v) is 11.0. The zero-order valence-corrected chi connectivity index (χ0v) is 23.4. The van der Waals surface area contributed by atoms with Crippen LogP contribution in [-0.2, 0) is 21.4 Å². The van der Waals surface area contributed by atoms with Crippen LogP contribution in [0.2, 0.25) is 5.02 Å². The zero-order valence-electron chi connectivity index (χ0n) is 21.8. The average molecular weight is 537 g/mol. The van der Waals surface area contributed by atoms with Crippen molar-refractivity contribution in [1.29, 1.82) is 0 Å². The minimum Gasteiger partial charge on any atom is -0.493 e. The van der Waals surface area contributed by atoms with Gasteiger partial charge in [0.05, 0.1) is 30.4 Å². The molecular formula is C31H33ClO4S. The summed E-state index contributed by atoms with van der Waals surface area (Å²) in [5.41, 5.74) is 4.38. The summed E-state index contributed by atoms with van der Waals surface area (Å²) in [5.74, 6) is 1.47. The zero-order chi connectivity index (χ0) is 26.4. The van der Waals surface area contributed by atoms with Gasteiger partial charge in [-0.05, 0) is 62.1 Å². The number of carbonyl (C=O) groups excluding carboxylic acids is 1. The SMILES string of the molecule is CCCc1c(OCCCSc2ccc(C(C)(C)C(=O)OC)cc2Cl)ccc2c(-c3ccccc3)coc12. The van der Waals surface area contributed by atoms with Crippen molar-refractivity contribution in [3.05, 3.63) is 83.1 Å². The number of esters is 1. The van der Waals surface area contributed by atoms with E-state index in [1.807, 2.05) is 56.5 Å². The van der Waals surface area contributed by atoms with E-state index in [9.17, 15) is 4.79 Å². The maximum absolute atomic E-state index is 12.1. The molecule has 1 heterocycles. The number of aryl methyl sites for hydroxylation is 1. The predicted molar refractivity (Wildman–Crippen MR) is 153 cm³/mol. The molecule has 0 saturated carbocycles. The molecule has 0 spiro atoms. The second kappa shape index (κ2) is 12.1. The summed E-state index contributed by atoms with van der Waals surface area (Å²) in [7, 11) is 1.40. The molecule has 194 valence electrons. The Bertz CT molecular complexity index is 1360. The van der Waals surface area contributed by atoms with Gasteiger partial charge in [0.1, 0.15) is 11.3 Å². The first-order chi connectivity index (χ1) is 17.9. The smallest absolute Gasteiger partial charge is 0.315 e. The second-order valence-electron chi connectivity index (χ2n) is 9.50. The molecule has 0 atom stereocenters. The van der Waals surface area contributed by atoms with Crippen molar-refractivity contribution in [2.75, 3.05) is 19.5 Å². The van der Waals surface area contributed by atoms with Crippen LogP contribution >= 0.6 is 23.4 Å². The Hall–Kier alpha value is -2.89. The molecule has 0 unspecified atom stereocenters. The summed E-state index contributed by atoms with van der Waals surface area (Å²) in [6.07, 6.45) is 4.62. The molecule has 1 aromatic heterocycles. The van der Waals surface area contributed by atoms with Gasteiger partial charge in [-0.1, -0.05) is 61.3 Å². The highest BCUT2D eigenvalue weighted by Gasteiger charge is 2.31. The number of methoxy groups -OCH3 is 1. The average Bonchev–Trinajstić information content (AvgIpc) is 3.34. The van der Waals surface area contributed by atoms with Gasteiger partial charge in [0.15, 0.2) is 0 Å². The molecule has 6 heteroatoms. The Morgan fingerprint density at radius 1 is 1.08 bits per heavy atom. The molecule has 0 aliphatic carbocycles. The van der Waals surface area contributed by atoms with Crippen LogP contribution < -0.4 is 4.74 Å². The molecule has 0 radical (unpaired) electrons. The van der Waals surface area contributed by atoms with Crippen molar-refractivity contribution in [2.24, 2.45) is 0 Å². The molecule has 0 fully saturated rings. The Morgan fingerprint density at radius 2 is 1.86 bits per heavy atom. The third-order valence-electron chi connectivity index (χ3n) is 6.54. The Balaban J connectivity index is 1.38. The number of furan rings is 1. The molecule has 4 rings (SSSR count). The van der Waals surface area contributed by atoms with Crippen molar-refractivity contribution < 1.29 is 18.7 Å². The number of carbonyl (C=O) groups is 1. The third-order valence-corrected chi connectivity index (χ3v) is 8.12. The van der Waals surface area contributed by atoms with E-state index in [2.05, 4.69) is 31.2 Å². The quantitative estimate of drug-likeness (QED) is 0.109. The molecule has 0 bridgehead atoms. The predicted octanol–water partition coefficient (Wildman–Crippen LogP) is 8.72. The van der Waals surface area contributed by atoms with E-state index < -0.39 is 5.41 Å². The Morgan fingerprint density at radius 3 is 2.57 bits per heavy atom. The minimum atomic E-state index is -0.747. The van der Waals surface area contributed by atoms with Gasteiger partial charge in [0.25, 0.3) is 0 Å². The fraction of sp³-hybridized carbons (Fsp3) is 0.323. The van der Waals surface area contributed by atoms with Crippen LogP contribution in [0.3, 0.4) is 0 Å². The van der Waals surface area contributed by atoms with Gasteiger partial charge >= 0.3 is 5.97 Å². The fourth-order valence-corrected chi connectivity index (χ4v) is 5.59. The van der Waals surface area contributed by atoms with Crippen LogP contribution in [0.15, 0.2) is 76.2 Å². The van der Waals surface area contributed by atoms with Gasteiger partial charge in [0.2, 0.25) is 0 Å². The van der Waals surface area contributed by atoms with Crippen molar-refractivity contribution in [3.8, 4) is 16.9 Å². The number of ether oxygens (including phenoxy) is 2. The van der Waals surface area contributed by atoms with Gasteiger partial charge in [-0.15, -0.1) is 11.8 Å². The highest BCUT2D eigenvalue weighted by molar-refractivity contribution is 7.99. The number of thioether (sulfide) groups is 1. The minimum absolute atomic E-state index is 0.285. The maximum atomic E-state index is 12.1. The molecular weight excluding hydrogens is 504 g/mol. The lowest BCUT2D eigenvalue weighted by Gasteiger charge is -2.22. The van der Waals surface area contributed by atoms with Crippen molar-refractivity contribution in [1.82, 2.24) is 0 Å². The first kappa shape index (κ1) is 27.2. The summed E-state index contributed by atoms with van der Waals surface area (Å²) in [5, 5.41) is 1.76. The lowest BCUT2D eigenvalue weighted by atomic mass is 9.85. The summed E-state index contributed by atoms with van der Waals surface area (Å²) >= 11 is 8.22. The van der Waals surface area contributed by atoms with Gasteiger partial charge in [0, 0.05) is 27.2 Å². The molecule has 0 aliphatic heterocycles. The van der Waals surface area contributed by atoms with Gasteiger partial charge in [-0.2, -0.15) is 0 Å². The Labute approximate surface area is 228 Å². The van der Waals surface area contributed by atoms with Crippen molar-refractivity contribution >= 4 is 40.3 Å². The monoisotopic (exact) mass is 536 g/mol. The molecule has 0 aliphatic rings. The summed E-state index contributed by atoms with van der Waals surface area (Å²) < 4.78 is 17.2. The number of fused-ring (bicyclic) bond motifs is 1. The topological polar surface area (TPSA) is 48.7 Å². The molecule has 37 heavy (non-hydrogen) atoms. The highest BCUT2D eigenvalue weighted by Crippen LogP contribution is 2.37. The van der Waals surface area contributed by atoms with E-state index in [1.165, 1.54) is 7.11 Å². The number of hydrogen-bond donors (Lipinski definition) is 0. The standard InChI is InChI=1S/C31H33ClO4S/c1-5-10-24-27(15-14-23-25(20-36-29(23)24)21-11-7-6-8-12-21)35-17-9-18-37-28-16-13-22(19-26(28)32)31(2,3)30(33)34-4/h6-8,11-16,19-20H,5,9-10,17-18H2,1-4H3. The van der Waals surface area contributed by atoms with Gasteiger partial charge < -0.3 is 13.9 Å². The lowest BCUT2D eigenvalue weighted by Crippen LogP contribution is -2.30. The van der Waals surface area contributed by atoms with Gasteiger partial charge in [-0.3, -0.25) is 4.79 Å². The molecule has 0 amide bonds. The summed E-state index contributed by atoms with van der Waals surface area (Å²) in [4.78, 5) is 13.1. The van der Waals surface area contributed by atoms with Crippen molar-refractivity contribution in [3.63, 3.8) is 0 Å². The highest BCUT2D eigenvalue weighted by atomic mass is 35.5. The molecule has 0 N–H and O–H groups in total. The van der Waals surface area contributed by atoms with E-state index in [-0.39, 0.29) is 5.97 Å². The maximum Gasteiger partial charge on any atom is 0.315 e. The largest absolute Gasteiger partial charge is 0.493 e. The van der Waals surface area contributed by atoms with Gasteiger partial charge in [-0.25, -0.2) is 0 Å². The van der Waals surface area contributed by atoms with Crippen molar-refractivity contribution in [2.45, 2.75) is 50.3 Å². The molecule has 4 nitrogen and oxygen atoms in total. The first-order valence-electron chi connectivity index (χ1n) is 12.6. The first-order valence-corrected chi connectivity index (χ1v) is 14.0. The van der Waals surface area contributed by atoms with Crippen LogP contribution in [0.5, 0.6) is 5.75 Å². The van der Waals surface area contributed by atoms with E-state index in [1.54, 1.807) is 11.8 Å². The third kappa shape index (κ3) is 6.00. The summed E-state index contributed by atoms with van der Waals surface area (Å²) in [6.45, 7) is 6.45. The molecule has 0 saturated heterocycles. The number of rotatable bonds is 11. The number of hydrogen-bond acceptors (Lipinski definition) is 5. The van der Waals surface area contributed by atoms with Crippen LogP contribution in [0.4, 0.5) is 0 Å². The van der Waals surface area contributed by atoms with Crippen LogP contribution in [0.25, 0.3) is 22.1 Å². The van der Waals surface area contributed by atoms with Crippen LogP contribution in [-0.4, -0.2) is 25.4 Å². The number of halogens is 1. The molecule has 3 aromatic carbocycles. The number of benzene rings is 3. The lowest BCUT2D eigenvalue weighted by molar-refractivity contribution is -0.146. The Kier molecular flexibility index (Phi) is 8.88. The van der Waals surface area contributed by atoms with E-state index in [0.717, 1.165) is 68.9 Å². The van der Waals surface area contributed by atoms with Crippen LogP contribution in [0, 0.1) is 0 Å². The molecule has 4 aromatic rings. The normalized spacial score (nSPS) is 11.6.